The minimum absolute atomic E-state index is 0.177. The Morgan fingerprint density at radius 3 is 2.92 bits per heavy atom. The zero-order valence-electron chi connectivity index (χ0n) is 7.90. The van der Waals surface area contributed by atoms with Gasteiger partial charge in [0.2, 0.25) is 0 Å². The van der Waals surface area contributed by atoms with Crippen molar-refractivity contribution < 1.29 is 5.11 Å². The number of nitrogens with one attached hydrogen (secondary N) is 1. The van der Waals surface area contributed by atoms with Crippen LogP contribution in [0.25, 0.3) is 0 Å². The van der Waals surface area contributed by atoms with Gasteiger partial charge >= 0.3 is 0 Å². The van der Waals surface area contributed by atoms with Gasteiger partial charge in [0.1, 0.15) is 0 Å². The fourth-order valence-electron chi connectivity index (χ4n) is 1.31. The maximum absolute atomic E-state index is 8.86. The Hall–Kier alpha value is -0.930. The second-order valence-corrected chi connectivity index (χ2v) is 2.88. The summed E-state index contributed by atoms with van der Waals surface area (Å²) < 4.78 is 0. The van der Waals surface area contributed by atoms with Crippen molar-refractivity contribution >= 4 is 0 Å². The molecule has 13 heavy (non-hydrogen) atoms. The van der Waals surface area contributed by atoms with Gasteiger partial charge < -0.3 is 10.4 Å². The highest BCUT2D eigenvalue weighted by Gasteiger charge is 2.09. The first-order chi connectivity index (χ1) is 6.38. The normalized spacial score (nSPS) is 12.8. The number of nitrogens with zero attached hydrogens (tertiary/aromatic N) is 1. The Balaban J connectivity index is 2.64. The highest BCUT2D eigenvalue weighted by molar-refractivity contribution is 5.08. The van der Waals surface area contributed by atoms with Gasteiger partial charge in [0, 0.05) is 12.8 Å². The van der Waals surface area contributed by atoms with E-state index in [0.717, 1.165) is 12.2 Å². The van der Waals surface area contributed by atoms with Crippen molar-refractivity contribution in [3.05, 3.63) is 30.1 Å². The Morgan fingerprint density at radius 2 is 2.38 bits per heavy atom. The summed E-state index contributed by atoms with van der Waals surface area (Å²) in [4.78, 5) is 4.24. The van der Waals surface area contributed by atoms with Gasteiger partial charge in [-0.15, -0.1) is 0 Å². The summed E-state index contributed by atoms with van der Waals surface area (Å²) in [5.41, 5.74) is 0.999. The van der Waals surface area contributed by atoms with Crippen molar-refractivity contribution in [3.63, 3.8) is 0 Å². The zero-order chi connectivity index (χ0) is 9.52. The van der Waals surface area contributed by atoms with E-state index in [4.69, 9.17) is 5.11 Å². The van der Waals surface area contributed by atoms with Crippen LogP contribution in [0.5, 0.6) is 0 Å². The molecule has 0 aromatic carbocycles. The molecule has 0 saturated heterocycles. The first kappa shape index (κ1) is 10.2. The van der Waals surface area contributed by atoms with E-state index in [2.05, 4.69) is 10.3 Å². The first-order valence-corrected chi connectivity index (χ1v) is 4.63. The summed E-state index contributed by atoms with van der Waals surface area (Å²) in [6.45, 7) is 3.13. The van der Waals surface area contributed by atoms with Crippen molar-refractivity contribution in [3.8, 4) is 0 Å². The van der Waals surface area contributed by atoms with Crippen LogP contribution in [0.2, 0.25) is 0 Å². The van der Waals surface area contributed by atoms with Gasteiger partial charge in [-0.3, -0.25) is 4.98 Å². The minimum Gasteiger partial charge on any atom is -0.396 e. The van der Waals surface area contributed by atoms with Crippen molar-refractivity contribution in [2.24, 2.45) is 0 Å². The molecule has 1 heterocycles. The fraction of sp³-hybridized carbons (Fsp3) is 0.500. The van der Waals surface area contributed by atoms with E-state index in [-0.39, 0.29) is 12.6 Å². The first-order valence-electron chi connectivity index (χ1n) is 4.63. The molecule has 1 aromatic heterocycles. The molecular weight excluding hydrogens is 164 g/mol. The highest BCUT2D eigenvalue weighted by atomic mass is 16.3. The van der Waals surface area contributed by atoms with E-state index >= 15 is 0 Å². The smallest absolute Gasteiger partial charge is 0.0574 e. The average molecular weight is 180 g/mol. The standard InChI is InChI=1S/C10H16N2O/c1-2-11-10(6-8-13)9-5-3-4-7-12-9/h3-5,7,10-11,13H,2,6,8H2,1H3. The molecule has 0 saturated carbocycles. The van der Waals surface area contributed by atoms with Crippen molar-refractivity contribution in [1.29, 1.82) is 0 Å². The van der Waals surface area contributed by atoms with E-state index in [9.17, 15) is 0 Å². The summed E-state index contributed by atoms with van der Waals surface area (Å²) in [6, 6.07) is 6.01. The molecular formula is C10H16N2O. The molecule has 3 heteroatoms. The average Bonchev–Trinajstić information content (AvgIpc) is 2.19. The van der Waals surface area contributed by atoms with Gasteiger partial charge in [-0.25, -0.2) is 0 Å². The lowest BCUT2D eigenvalue weighted by atomic mass is 10.1. The molecule has 0 bridgehead atoms. The number of pyridine rings is 1. The van der Waals surface area contributed by atoms with Gasteiger partial charge in [0.25, 0.3) is 0 Å². The van der Waals surface area contributed by atoms with Gasteiger partial charge in [-0.1, -0.05) is 13.0 Å². The Labute approximate surface area is 78.8 Å². The predicted octanol–water partition coefficient (Wildman–Crippen LogP) is 1.11. The van der Waals surface area contributed by atoms with Crippen molar-refractivity contribution in [2.75, 3.05) is 13.2 Å². The predicted molar refractivity (Wildman–Crippen MR) is 52.4 cm³/mol. The second-order valence-electron chi connectivity index (χ2n) is 2.88. The number of aromatic nitrogens is 1. The van der Waals surface area contributed by atoms with E-state index in [1.807, 2.05) is 25.1 Å². The summed E-state index contributed by atoms with van der Waals surface area (Å²) >= 11 is 0. The molecule has 0 aliphatic rings. The van der Waals surface area contributed by atoms with Crippen LogP contribution in [0.4, 0.5) is 0 Å². The van der Waals surface area contributed by atoms with Crippen molar-refractivity contribution in [1.82, 2.24) is 10.3 Å². The Kier molecular flexibility index (Phi) is 4.43. The van der Waals surface area contributed by atoms with Crippen LogP contribution in [0, 0.1) is 0 Å². The summed E-state index contributed by atoms with van der Waals surface area (Å²) in [7, 11) is 0. The maximum atomic E-state index is 8.86. The molecule has 1 unspecified atom stereocenters. The van der Waals surface area contributed by atoms with E-state index in [1.54, 1.807) is 6.20 Å². The number of rotatable bonds is 5. The largest absolute Gasteiger partial charge is 0.396 e. The van der Waals surface area contributed by atoms with Gasteiger partial charge in [-0.05, 0) is 25.1 Å². The number of aliphatic hydroxyl groups excluding tert-OH is 1. The third-order valence-corrected chi connectivity index (χ3v) is 1.91. The molecule has 1 aromatic rings. The Morgan fingerprint density at radius 1 is 1.54 bits per heavy atom. The van der Waals surface area contributed by atoms with Gasteiger partial charge in [0.15, 0.2) is 0 Å². The second kappa shape index (κ2) is 5.67. The zero-order valence-corrected chi connectivity index (χ0v) is 7.90. The minimum atomic E-state index is 0.177. The third kappa shape index (κ3) is 3.13. The van der Waals surface area contributed by atoms with Crippen LogP contribution < -0.4 is 5.32 Å². The third-order valence-electron chi connectivity index (χ3n) is 1.91. The lowest BCUT2D eigenvalue weighted by Crippen LogP contribution is -2.22. The highest BCUT2D eigenvalue weighted by Crippen LogP contribution is 2.12. The van der Waals surface area contributed by atoms with E-state index in [1.165, 1.54) is 0 Å². The van der Waals surface area contributed by atoms with Crippen LogP contribution in [0.1, 0.15) is 25.1 Å². The molecule has 0 amide bonds. The number of aliphatic hydroxyl groups is 1. The molecule has 72 valence electrons. The number of hydrogen-bond donors (Lipinski definition) is 2. The monoisotopic (exact) mass is 180 g/mol. The molecule has 1 rings (SSSR count). The van der Waals surface area contributed by atoms with E-state index < -0.39 is 0 Å². The molecule has 2 N–H and O–H groups in total. The molecule has 0 aliphatic carbocycles. The molecule has 1 atom stereocenters. The summed E-state index contributed by atoms with van der Waals surface area (Å²) in [6.07, 6.45) is 2.49. The van der Waals surface area contributed by atoms with Crippen molar-refractivity contribution in [2.45, 2.75) is 19.4 Å². The topological polar surface area (TPSA) is 45.1 Å². The van der Waals surface area contributed by atoms with Gasteiger partial charge in [0.05, 0.1) is 11.7 Å². The van der Waals surface area contributed by atoms with Crippen LogP contribution >= 0.6 is 0 Å². The molecule has 0 radical (unpaired) electrons. The van der Waals surface area contributed by atoms with Crippen LogP contribution in [-0.2, 0) is 0 Å². The Bertz CT molecular complexity index is 220. The summed E-state index contributed by atoms with van der Waals surface area (Å²) in [5.74, 6) is 0. The lowest BCUT2D eigenvalue weighted by Gasteiger charge is -2.15. The maximum Gasteiger partial charge on any atom is 0.0574 e. The van der Waals surface area contributed by atoms with Gasteiger partial charge in [-0.2, -0.15) is 0 Å². The van der Waals surface area contributed by atoms with Crippen LogP contribution in [-0.4, -0.2) is 23.2 Å². The lowest BCUT2D eigenvalue weighted by molar-refractivity contribution is 0.265. The van der Waals surface area contributed by atoms with Crippen LogP contribution in [0.15, 0.2) is 24.4 Å². The summed E-state index contributed by atoms with van der Waals surface area (Å²) in [5, 5.41) is 12.1. The quantitative estimate of drug-likeness (QED) is 0.713. The van der Waals surface area contributed by atoms with Crippen LogP contribution in [0.3, 0.4) is 0 Å². The fourth-order valence-corrected chi connectivity index (χ4v) is 1.31. The number of hydrogen-bond acceptors (Lipinski definition) is 3. The SMILES string of the molecule is CCNC(CCO)c1ccccn1. The molecule has 0 fully saturated rings. The molecule has 0 spiro atoms. The molecule has 0 aliphatic heterocycles. The van der Waals surface area contributed by atoms with E-state index in [0.29, 0.717) is 6.42 Å². The molecule has 3 nitrogen and oxygen atoms in total.